The van der Waals surface area contributed by atoms with Crippen LogP contribution in [0, 0.1) is 23.2 Å². The van der Waals surface area contributed by atoms with Gasteiger partial charge in [0.25, 0.3) is 0 Å². The fourth-order valence-electron chi connectivity index (χ4n) is 6.67. The largest absolute Gasteiger partial charge is 0.462 e. The number of carbonyl (C=O) groups excluding carboxylic acids is 1. The number of hydrogen-bond donors (Lipinski definition) is 1. The molecule has 1 aromatic heterocycles. The lowest BCUT2D eigenvalue weighted by Crippen LogP contribution is -2.56. The topological polar surface area (TPSA) is 113 Å². The predicted octanol–water partition coefficient (Wildman–Crippen LogP) is 5.61. The van der Waals surface area contributed by atoms with Crippen molar-refractivity contribution in [2.45, 2.75) is 132 Å². The van der Waals surface area contributed by atoms with Crippen molar-refractivity contribution >= 4 is 5.97 Å². The van der Waals surface area contributed by atoms with E-state index in [1.165, 1.54) is 24.8 Å². The molecule has 1 N–H and O–H groups in total. The molecule has 0 aliphatic carbocycles. The van der Waals surface area contributed by atoms with Gasteiger partial charge < -0.3 is 14.3 Å². The van der Waals surface area contributed by atoms with Crippen LogP contribution in [0.15, 0.2) is 38.6 Å². The van der Waals surface area contributed by atoms with Gasteiger partial charge in [-0.2, -0.15) is 0 Å². The van der Waals surface area contributed by atoms with Crippen molar-refractivity contribution in [2.24, 2.45) is 23.2 Å². The van der Waals surface area contributed by atoms with E-state index >= 15 is 0 Å². The van der Waals surface area contributed by atoms with Crippen LogP contribution in [-0.4, -0.2) is 69.2 Å². The molecule has 2 aromatic rings. The summed E-state index contributed by atoms with van der Waals surface area (Å²) in [6, 6.07) is 8.68. The van der Waals surface area contributed by atoms with Crippen molar-refractivity contribution in [3.63, 3.8) is 0 Å². The van der Waals surface area contributed by atoms with E-state index in [2.05, 4.69) is 45.0 Å². The summed E-state index contributed by atoms with van der Waals surface area (Å²) < 4.78 is 9.80. The van der Waals surface area contributed by atoms with E-state index in [1.54, 1.807) is 0 Å². The number of nitrogens with zero attached hydrogens (tertiary/aromatic N) is 4. The Balaban J connectivity index is 2.32. The third-order valence-corrected chi connectivity index (χ3v) is 10.4. The summed E-state index contributed by atoms with van der Waals surface area (Å²) in [7, 11) is 4.02. The van der Waals surface area contributed by atoms with Gasteiger partial charge in [-0.25, -0.2) is 28.1 Å². The van der Waals surface area contributed by atoms with E-state index in [9.17, 15) is 24.3 Å². The molecule has 0 amide bonds. The Kier molecular flexibility index (Phi) is 15.8. The first-order valence-electron chi connectivity index (χ1n) is 18.5. The van der Waals surface area contributed by atoms with E-state index in [-0.39, 0.29) is 49.9 Å². The number of ether oxygens (including phenoxy) is 1. The molecule has 0 aliphatic rings. The van der Waals surface area contributed by atoms with E-state index in [1.807, 2.05) is 62.6 Å². The van der Waals surface area contributed by atoms with E-state index < -0.39 is 34.6 Å². The van der Waals surface area contributed by atoms with Gasteiger partial charge in [0.1, 0.15) is 19.3 Å². The molecule has 49 heavy (non-hydrogen) atoms. The van der Waals surface area contributed by atoms with Gasteiger partial charge in [-0.05, 0) is 80.2 Å². The number of aliphatic hydroxyl groups excluding tert-OH is 1. The molecule has 0 saturated heterocycles. The van der Waals surface area contributed by atoms with Crippen molar-refractivity contribution in [2.75, 3.05) is 33.8 Å². The summed E-state index contributed by atoms with van der Waals surface area (Å²) in [5, 5.41) is 10.5. The van der Waals surface area contributed by atoms with Gasteiger partial charge in [-0.1, -0.05) is 79.7 Å². The van der Waals surface area contributed by atoms with Crippen molar-refractivity contribution in [3.8, 4) is 0 Å². The number of benzene rings is 1. The lowest BCUT2D eigenvalue weighted by molar-refractivity contribution is -0.891. The van der Waals surface area contributed by atoms with Crippen LogP contribution in [0.2, 0.25) is 0 Å². The van der Waals surface area contributed by atoms with Crippen LogP contribution >= 0.6 is 0 Å². The van der Waals surface area contributed by atoms with Gasteiger partial charge >= 0.3 is 23.0 Å². The lowest BCUT2D eigenvalue weighted by Gasteiger charge is -2.32. The third kappa shape index (κ3) is 11.8. The summed E-state index contributed by atoms with van der Waals surface area (Å²) in [5.41, 5.74) is -0.120. The second-order valence-electron chi connectivity index (χ2n) is 16.2. The first-order chi connectivity index (χ1) is 22.8. The third-order valence-electron chi connectivity index (χ3n) is 10.4. The number of quaternary nitrogens is 1. The summed E-state index contributed by atoms with van der Waals surface area (Å²) in [4.78, 5) is 54.5. The molecule has 10 nitrogen and oxygen atoms in total. The number of rotatable bonds is 20. The highest BCUT2D eigenvalue weighted by Gasteiger charge is 2.36. The smallest absolute Gasteiger partial charge is 0.336 e. The zero-order valence-corrected chi connectivity index (χ0v) is 32.6. The summed E-state index contributed by atoms with van der Waals surface area (Å²) >= 11 is 0. The number of hydrogen-bond acceptors (Lipinski definition) is 6. The summed E-state index contributed by atoms with van der Waals surface area (Å²) in [5.74, 6) is 0.0594. The zero-order valence-electron chi connectivity index (χ0n) is 32.6. The highest BCUT2D eigenvalue weighted by Crippen LogP contribution is 2.32. The quantitative estimate of drug-likeness (QED) is 0.143. The normalized spacial score (nSPS) is 16.5. The highest BCUT2D eigenvalue weighted by molar-refractivity contribution is 5.76. The van der Waals surface area contributed by atoms with Gasteiger partial charge in [-0.3, -0.25) is 4.79 Å². The van der Waals surface area contributed by atoms with Crippen molar-refractivity contribution in [1.82, 2.24) is 13.7 Å². The van der Waals surface area contributed by atoms with Crippen LogP contribution in [0.5, 0.6) is 0 Å². The molecule has 0 fully saturated rings. The van der Waals surface area contributed by atoms with Gasteiger partial charge in [0.05, 0.1) is 26.1 Å². The molecule has 0 bridgehead atoms. The Hall–Kier alpha value is -2.98. The Morgan fingerprint density at radius 2 is 1.35 bits per heavy atom. The maximum atomic E-state index is 13.9. The Morgan fingerprint density at radius 3 is 1.84 bits per heavy atom. The molecule has 1 aromatic carbocycles. The van der Waals surface area contributed by atoms with E-state index in [0.29, 0.717) is 29.8 Å². The van der Waals surface area contributed by atoms with Crippen LogP contribution in [0.3, 0.4) is 0 Å². The fraction of sp³-hybridized carbons (Fsp3) is 0.744. The fourth-order valence-corrected chi connectivity index (χ4v) is 6.67. The Morgan fingerprint density at radius 1 is 0.837 bits per heavy atom. The molecule has 2 rings (SSSR count). The molecule has 6 unspecified atom stereocenters. The van der Waals surface area contributed by atoms with Gasteiger partial charge in [0, 0.05) is 19.6 Å². The molecule has 10 heteroatoms. The SMILES string of the molecule is CCC(C)c1cccc(C(C)CC(C)Cn2c(=O)n(CC(C)C)c(=O)n(CC(C)CC(C)(CC)C(=O)OCC(O)C[N+](C)(C)CC)c2=O)c1. The predicted molar refractivity (Wildman–Crippen MR) is 198 cm³/mol. The monoisotopic (exact) mass is 688 g/mol. The minimum atomic E-state index is -0.875. The molecule has 0 radical (unpaired) electrons. The standard InChI is InChI=1S/C39H67N4O6/c1-13-30(8)32-17-16-18-33(20-32)31(9)19-28(6)23-41-36(46)40(22-27(4)5)37(47)42(38(41)48)24-29(7)21-39(10,14-2)35(45)49-26-34(44)25-43(11,12)15-3/h16-18,20,27-31,34,44H,13-15,19,21-26H2,1-12H3/q+1. The number of aromatic nitrogens is 3. The molecule has 1 heterocycles. The molecule has 0 spiro atoms. The molecule has 6 atom stereocenters. The maximum Gasteiger partial charge on any atom is 0.336 e. The molecule has 0 aliphatic heterocycles. The van der Waals surface area contributed by atoms with Crippen LogP contribution < -0.4 is 17.1 Å². The number of esters is 1. The van der Waals surface area contributed by atoms with Crippen LogP contribution in [0.1, 0.15) is 118 Å². The maximum absolute atomic E-state index is 13.9. The number of carbonyl (C=O) groups is 1. The average Bonchev–Trinajstić information content (AvgIpc) is 3.05. The Bertz CT molecular complexity index is 1540. The average molecular weight is 688 g/mol. The number of likely N-dealkylation sites (N-methyl/N-ethyl adjacent to an activating group) is 1. The minimum Gasteiger partial charge on any atom is -0.462 e. The molecular weight excluding hydrogens is 620 g/mol. The minimum absolute atomic E-state index is 0.00117. The van der Waals surface area contributed by atoms with Gasteiger partial charge in [0.2, 0.25) is 0 Å². The van der Waals surface area contributed by atoms with Crippen LogP contribution in [-0.2, 0) is 29.2 Å². The lowest BCUT2D eigenvalue weighted by atomic mass is 9.79. The second kappa shape index (κ2) is 18.3. The molecular formula is C39H67N4O6+. The van der Waals surface area contributed by atoms with Crippen molar-refractivity contribution in [3.05, 3.63) is 66.8 Å². The second-order valence-corrected chi connectivity index (χ2v) is 16.2. The van der Waals surface area contributed by atoms with Crippen molar-refractivity contribution < 1.29 is 19.1 Å². The van der Waals surface area contributed by atoms with Crippen LogP contribution in [0.4, 0.5) is 0 Å². The molecule has 0 saturated carbocycles. The van der Waals surface area contributed by atoms with Gasteiger partial charge in [-0.15, -0.1) is 0 Å². The first-order valence-corrected chi connectivity index (χ1v) is 18.5. The van der Waals surface area contributed by atoms with Crippen LogP contribution in [0.25, 0.3) is 0 Å². The van der Waals surface area contributed by atoms with Crippen molar-refractivity contribution in [1.29, 1.82) is 0 Å². The summed E-state index contributed by atoms with van der Waals surface area (Å²) in [6.45, 7) is 21.9. The zero-order chi connectivity index (χ0) is 37.3. The number of aliphatic hydroxyl groups is 1. The van der Waals surface area contributed by atoms with E-state index in [4.69, 9.17) is 4.74 Å². The molecule has 278 valence electrons. The summed E-state index contributed by atoms with van der Waals surface area (Å²) in [6.07, 6.45) is 1.92. The van der Waals surface area contributed by atoms with E-state index in [0.717, 1.165) is 19.4 Å². The first kappa shape index (κ1) is 42.2. The Labute approximate surface area is 294 Å². The highest BCUT2D eigenvalue weighted by atomic mass is 16.5. The van der Waals surface area contributed by atoms with Gasteiger partial charge in [0.15, 0.2) is 0 Å².